The molecule has 1 saturated carbocycles. The zero-order chi connectivity index (χ0) is 15.1. The minimum absolute atomic E-state index is 0.103. The van der Waals surface area contributed by atoms with Crippen LogP contribution in [0, 0.1) is 6.92 Å². The molecule has 21 heavy (non-hydrogen) atoms. The summed E-state index contributed by atoms with van der Waals surface area (Å²) in [6, 6.07) is 1.90. The van der Waals surface area contributed by atoms with Gasteiger partial charge >= 0.3 is 0 Å². The largest absolute Gasteiger partial charge is 0.385 e. The van der Waals surface area contributed by atoms with Crippen LogP contribution in [-0.2, 0) is 4.74 Å². The van der Waals surface area contributed by atoms with Gasteiger partial charge in [0.25, 0.3) is 5.91 Å². The zero-order valence-electron chi connectivity index (χ0n) is 12.9. The van der Waals surface area contributed by atoms with Crippen LogP contribution in [0.1, 0.15) is 48.7 Å². The van der Waals surface area contributed by atoms with Gasteiger partial charge in [-0.15, -0.1) is 0 Å². The number of nitrogens with one attached hydrogen (secondary N) is 2. The van der Waals surface area contributed by atoms with Crippen molar-refractivity contribution in [1.82, 2.24) is 10.3 Å². The number of carbonyl (C=O) groups excluding carboxylic acids is 1. The zero-order valence-corrected chi connectivity index (χ0v) is 12.9. The second-order valence-corrected chi connectivity index (χ2v) is 5.43. The number of ether oxygens (including phenoxy) is 1. The van der Waals surface area contributed by atoms with E-state index in [1.807, 2.05) is 19.9 Å². The summed E-state index contributed by atoms with van der Waals surface area (Å²) in [5, 5.41) is 6.10. The monoisotopic (exact) mass is 291 g/mol. The van der Waals surface area contributed by atoms with Crippen LogP contribution in [0.15, 0.2) is 12.3 Å². The third-order valence-corrected chi connectivity index (χ3v) is 3.70. The molecule has 5 heteroatoms. The van der Waals surface area contributed by atoms with E-state index < -0.39 is 0 Å². The van der Waals surface area contributed by atoms with Crippen LogP contribution in [0.2, 0.25) is 0 Å². The Bertz CT molecular complexity index is 471. The average Bonchev–Trinajstić information content (AvgIpc) is 2.97. The highest BCUT2D eigenvalue weighted by Crippen LogP contribution is 2.20. The van der Waals surface area contributed by atoms with E-state index in [1.165, 1.54) is 12.8 Å². The van der Waals surface area contributed by atoms with Crippen molar-refractivity contribution in [3.8, 4) is 0 Å². The van der Waals surface area contributed by atoms with Crippen LogP contribution in [0.3, 0.4) is 0 Å². The number of pyridine rings is 1. The normalized spacial score (nSPS) is 15.1. The molecular weight excluding hydrogens is 266 g/mol. The molecule has 0 spiro atoms. The smallest absolute Gasteiger partial charge is 0.255 e. The van der Waals surface area contributed by atoms with Crippen molar-refractivity contribution < 1.29 is 9.53 Å². The first-order valence-electron chi connectivity index (χ1n) is 7.81. The quantitative estimate of drug-likeness (QED) is 0.758. The maximum atomic E-state index is 12.2. The molecule has 1 fully saturated rings. The predicted octanol–water partition coefficient (Wildman–Crippen LogP) is 2.51. The van der Waals surface area contributed by atoms with Crippen LogP contribution < -0.4 is 10.6 Å². The summed E-state index contributed by atoms with van der Waals surface area (Å²) < 4.78 is 5.74. The number of rotatable bonds is 7. The lowest BCUT2D eigenvalue weighted by molar-refractivity contribution is 0.0582. The fourth-order valence-corrected chi connectivity index (χ4v) is 2.62. The fraction of sp³-hybridized carbons (Fsp3) is 0.625. The summed E-state index contributed by atoms with van der Waals surface area (Å²) in [5.74, 6) is -0.103. The van der Waals surface area contributed by atoms with Gasteiger partial charge in [0.2, 0.25) is 0 Å². The third kappa shape index (κ3) is 4.70. The van der Waals surface area contributed by atoms with Gasteiger partial charge < -0.3 is 15.4 Å². The van der Waals surface area contributed by atoms with E-state index in [-0.39, 0.29) is 5.91 Å². The van der Waals surface area contributed by atoms with E-state index in [2.05, 4.69) is 15.6 Å². The predicted molar refractivity (Wildman–Crippen MR) is 83.7 cm³/mol. The van der Waals surface area contributed by atoms with E-state index in [0.29, 0.717) is 24.8 Å². The summed E-state index contributed by atoms with van der Waals surface area (Å²) >= 11 is 0. The maximum absolute atomic E-state index is 12.2. The van der Waals surface area contributed by atoms with Gasteiger partial charge in [0.05, 0.1) is 24.0 Å². The topological polar surface area (TPSA) is 63.2 Å². The maximum Gasteiger partial charge on any atom is 0.255 e. The number of carbonyl (C=O) groups is 1. The molecule has 1 aliphatic rings. The minimum Gasteiger partial charge on any atom is -0.385 e. The molecule has 1 aliphatic carbocycles. The van der Waals surface area contributed by atoms with E-state index in [4.69, 9.17) is 4.74 Å². The second kappa shape index (κ2) is 7.98. The van der Waals surface area contributed by atoms with Crippen LogP contribution >= 0.6 is 0 Å². The van der Waals surface area contributed by atoms with Crippen LogP contribution in [0.4, 0.5) is 5.69 Å². The Morgan fingerprint density at radius 3 is 2.90 bits per heavy atom. The number of aryl methyl sites for hydroxylation is 1. The van der Waals surface area contributed by atoms with Gasteiger partial charge in [0, 0.05) is 25.0 Å². The van der Waals surface area contributed by atoms with Gasteiger partial charge in [-0.3, -0.25) is 9.78 Å². The van der Waals surface area contributed by atoms with Crippen molar-refractivity contribution in [3.05, 3.63) is 23.5 Å². The van der Waals surface area contributed by atoms with Crippen molar-refractivity contribution in [2.24, 2.45) is 0 Å². The molecule has 2 rings (SSSR count). The molecule has 0 bridgehead atoms. The Labute approximate surface area is 126 Å². The van der Waals surface area contributed by atoms with Gasteiger partial charge in [0.15, 0.2) is 0 Å². The van der Waals surface area contributed by atoms with Crippen molar-refractivity contribution in [2.45, 2.75) is 45.6 Å². The molecule has 1 aromatic heterocycles. The first-order valence-corrected chi connectivity index (χ1v) is 7.81. The van der Waals surface area contributed by atoms with Gasteiger partial charge in [-0.1, -0.05) is 12.8 Å². The SMILES string of the molecule is CCNc1cc(C)ncc1C(=O)NCCOC1CCCC1. The Morgan fingerprint density at radius 1 is 1.43 bits per heavy atom. The van der Waals surface area contributed by atoms with E-state index in [0.717, 1.165) is 30.8 Å². The van der Waals surface area contributed by atoms with E-state index >= 15 is 0 Å². The molecular formula is C16H25N3O2. The van der Waals surface area contributed by atoms with Crippen molar-refractivity contribution in [3.63, 3.8) is 0 Å². The molecule has 1 heterocycles. The van der Waals surface area contributed by atoms with Gasteiger partial charge in [0.1, 0.15) is 0 Å². The van der Waals surface area contributed by atoms with Gasteiger partial charge in [-0.25, -0.2) is 0 Å². The molecule has 116 valence electrons. The van der Waals surface area contributed by atoms with Crippen molar-refractivity contribution >= 4 is 11.6 Å². The summed E-state index contributed by atoms with van der Waals surface area (Å²) in [5.41, 5.74) is 2.31. The van der Waals surface area contributed by atoms with Gasteiger partial charge in [-0.05, 0) is 32.8 Å². The Hall–Kier alpha value is -1.62. The van der Waals surface area contributed by atoms with Crippen LogP contribution in [0.5, 0.6) is 0 Å². The number of anilines is 1. The highest BCUT2D eigenvalue weighted by molar-refractivity contribution is 5.99. The lowest BCUT2D eigenvalue weighted by Gasteiger charge is -2.13. The lowest BCUT2D eigenvalue weighted by atomic mass is 10.2. The summed E-state index contributed by atoms with van der Waals surface area (Å²) in [6.45, 7) is 5.81. The van der Waals surface area contributed by atoms with E-state index in [9.17, 15) is 4.79 Å². The highest BCUT2D eigenvalue weighted by Gasteiger charge is 2.15. The third-order valence-electron chi connectivity index (χ3n) is 3.70. The molecule has 0 saturated heterocycles. The van der Waals surface area contributed by atoms with Crippen LogP contribution in [0.25, 0.3) is 0 Å². The Morgan fingerprint density at radius 2 is 2.19 bits per heavy atom. The lowest BCUT2D eigenvalue weighted by Crippen LogP contribution is -2.29. The number of amides is 1. The second-order valence-electron chi connectivity index (χ2n) is 5.43. The number of hydrogen-bond donors (Lipinski definition) is 2. The number of aromatic nitrogens is 1. The summed E-state index contributed by atoms with van der Waals surface area (Å²) in [7, 11) is 0. The van der Waals surface area contributed by atoms with Crippen molar-refractivity contribution in [1.29, 1.82) is 0 Å². The molecule has 0 atom stereocenters. The van der Waals surface area contributed by atoms with Crippen molar-refractivity contribution in [2.75, 3.05) is 25.0 Å². The minimum atomic E-state index is -0.103. The summed E-state index contributed by atoms with van der Waals surface area (Å²) in [4.78, 5) is 16.4. The fourth-order valence-electron chi connectivity index (χ4n) is 2.62. The molecule has 0 aliphatic heterocycles. The first-order chi connectivity index (χ1) is 10.2. The molecule has 5 nitrogen and oxygen atoms in total. The Balaban J connectivity index is 1.81. The summed E-state index contributed by atoms with van der Waals surface area (Å²) in [6.07, 6.45) is 6.84. The Kier molecular flexibility index (Phi) is 5.99. The van der Waals surface area contributed by atoms with Crippen LogP contribution in [-0.4, -0.2) is 36.7 Å². The molecule has 0 unspecified atom stereocenters. The molecule has 1 aromatic rings. The molecule has 2 N–H and O–H groups in total. The highest BCUT2D eigenvalue weighted by atomic mass is 16.5. The van der Waals surface area contributed by atoms with E-state index in [1.54, 1.807) is 6.20 Å². The molecule has 1 amide bonds. The van der Waals surface area contributed by atoms with Gasteiger partial charge in [-0.2, -0.15) is 0 Å². The first kappa shape index (κ1) is 15.8. The molecule has 0 radical (unpaired) electrons. The molecule has 0 aromatic carbocycles. The standard InChI is InChI=1S/C16H25N3O2/c1-3-17-15-10-12(2)19-11-14(15)16(20)18-8-9-21-13-6-4-5-7-13/h10-11,13H,3-9H2,1-2H3,(H,17,19)(H,18,20). The average molecular weight is 291 g/mol. The number of hydrogen-bond acceptors (Lipinski definition) is 4. The number of nitrogens with zero attached hydrogens (tertiary/aromatic N) is 1.